The topological polar surface area (TPSA) is 63.6 Å². The summed E-state index contributed by atoms with van der Waals surface area (Å²) in [7, 11) is 1.23. The van der Waals surface area contributed by atoms with Gasteiger partial charge in [0.05, 0.1) is 5.75 Å². The van der Waals surface area contributed by atoms with Crippen molar-refractivity contribution in [3.8, 4) is 0 Å². The van der Waals surface area contributed by atoms with Crippen molar-refractivity contribution in [2.75, 3.05) is 5.75 Å². The van der Waals surface area contributed by atoms with Gasteiger partial charge in [0.2, 0.25) is 5.82 Å². The number of ketones is 1. The molecular formula is C16H15F3N4OS. The van der Waals surface area contributed by atoms with Crippen molar-refractivity contribution in [3.63, 3.8) is 0 Å². The fourth-order valence-corrected chi connectivity index (χ4v) is 3.43. The van der Waals surface area contributed by atoms with E-state index in [9.17, 15) is 18.0 Å². The number of thioether (sulfide) groups is 1. The van der Waals surface area contributed by atoms with Crippen LogP contribution in [-0.2, 0) is 19.6 Å². The first-order valence-corrected chi connectivity index (χ1v) is 8.53. The van der Waals surface area contributed by atoms with Gasteiger partial charge in [0.1, 0.15) is 0 Å². The first kappa shape index (κ1) is 17.5. The molecule has 0 aliphatic rings. The van der Waals surface area contributed by atoms with E-state index in [1.54, 1.807) is 6.20 Å². The number of fused-ring (bicyclic) bond motifs is 1. The van der Waals surface area contributed by atoms with Gasteiger partial charge in [-0.1, -0.05) is 36.9 Å². The largest absolute Gasteiger partial charge is 0.451 e. The van der Waals surface area contributed by atoms with Crippen LogP contribution in [0.15, 0.2) is 29.6 Å². The fourth-order valence-electron chi connectivity index (χ4n) is 2.64. The maximum atomic E-state index is 12.7. The molecule has 0 unspecified atom stereocenters. The van der Waals surface area contributed by atoms with Gasteiger partial charge in [-0.05, 0) is 12.0 Å². The minimum atomic E-state index is -4.57. The van der Waals surface area contributed by atoms with E-state index in [-0.39, 0.29) is 16.7 Å². The molecule has 0 atom stereocenters. The van der Waals surface area contributed by atoms with E-state index in [1.807, 2.05) is 25.1 Å². The Balaban J connectivity index is 1.79. The van der Waals surface area contributed by atoms with Crippen molar-refractivity contribution in [3.05, 3.63) is 41.3 Å². The Hall–Kier alpha value is -2.29. The fraction of sp³-hybridized carbons (Fsp3) is 0.312. The Morgan fingerprint density at radius 2 is 2.08 bits per heavy atom. The number of nitrogens with zero attached hydrogens (tertiary/aromatic N) is 3. The van der Waals surface area contributed by atoms with Crippen LogP contribution in [0.25, 0.3) is 10.9 Å². The van der Waals surface area contributed by atoms with E-state index in [0.29, 0.717) is 5.56 Å². The smallest absolute Gasteiger partial charge is 0.360 e. The van der Waals surface area contributed by atoms with E-state index in [4.69, 9.17) is 0 Å². The lowest BCUT2D eigenvalue weighted by Gasteiger charge is -2.06. The third-order valence-corrected chi connectivity index (χ3v) is 4.92. The van der Waals surface area contributed by atoms with Crippen LogP contribution in [0.4, 0.5) is 13.2 Å². The van der Waals surface area contributed by atoms with E-state index in [1.165, 1.54) is 7.05 Å². The number of nitrogens with one attached hydrogen (secondary N) is 1. The highest BCUT2D eigenvalue weighted by molar-refractivity contribution is 7.99. The molecule has 0 fully saturated rings. The van der Waals surface area contributed by atoms with Crippen LogP contribution in [0, 0.1) is 0 Å². The number of hydrogen-bond acceptors (Lipinski definition) is 4. The Morgan fingerprint density at radius 1 is 1.32 bits per heavy atom. The quantitative estimate of drug-likeness (QED) is 0.549. The van der Waals surface area contributed by atoms with Crippen LogP contribution >= 0.6 is 11.8 Å². The van der Waals surface area contributed by atoms with Crippen LogP contribution in [0.2, 0.25) is 0 Å². The third kappa shape index (κ3) is 3.28. The van der Waals surface area contributed by atoms with Crippen LogP contribution in [-0.4, -0.2) is 31.3 Å². The first-order chi connectivity index (χ1) is 11.8. The number of aromatic nitrogens is 4. The number of hydrogen-bond donors (Lipinski definition) is 1. The molecule has 0 bridgehead atoms. The highest BCUT2D eigenvalue weighted by atomic mass is 32.2. The van der Waals surface area contributed by atoms with Gasteiger partial charge in [-0.25, -0.2) is 0 Å². The average Bonchev–Trinajstić information content (AvgIpc) is 3.15. The van der Waals surface area contributed by atoms with Crippen molar-refractivity contribution in [1.82, 2.24) is 19.7 Å². The number of aromatic amines is 1. The average molecular weight is 368 g/mol. The SMILES string of the molecule is CCc1cccc2c(C(=O)CSc3nnc(C(F)(F)F)n3C)c[nH]c12. The molecule has 0 aliphatic carbocycles. The second-order valence-electron chi connectivity index (χ2n) is 5.47. The van der Waals surface area contributed by atoms with Crippen molar-refractivity contribution in [2.45, 2.75) is 24.7 Å². The Labute approximate surface area is 145 Å². The maximum absolute atomic E-state index is 12.7. The summed E-state index contributed by atoms with van der Waals surface area (Å²) in [5.74, 6) is -1.28. The number of alkyl halides is 3. The van der Waals surface area contributed by atoms with Crippen molar-refractivity contribution >= 4 is 28.4 Å². The summed E-state index contributed by atoms with van der Waals surface area (Å²) in [6.07, 6.45) is -2.10. The lowest BCUT2D eigenvalue weighted by molar-refractivity contribution is -0.147. The lowest BCUT2D eigenvalue weighted by Crippen LogP contribution is -2.13. The number of para-hydroxylation sites is 1. The Morgan fingerprint density at radius 3 is 2.72 bits per heavy atom. The summed E-state index contributed by atoms with van der Waals surface area (Å²) in [4.78, 5) is 15.6. The molecule has 0 spiro atoms. The molecule has 0 saturated heterocycles. The molecule has 2 heterocycles. The molecule has 0 amide bonds. The molecule has 0 saturated carbocycles. The number of aryl methyl sites for hydroxylation is 1. The third-order valence-electron chi connectivity index (χ3n) is 3.90. The van der Waals surface area contributed by atoms with E-state index in [0.717, 1.165) is 39.2 Å². The number of H-pyrrole nitrogens is 1. The van der Waals surface area contributed by atoms with Gasteiger partial charge >= 0.3 is 6.18 Å². The zero-order valence-electron chi connectivity index (χ0n) is 13.5. The standard InChI is InChI=1S/C16H15F3N4OS/c1-3-9-5-4-6-10-11(7-20-13(9)10)12(24)8-25-15-22-21-14(23(15)2)16(17,18)19/h4-7,20H,3,8H2,1-2H3. The van der Waals surface area contributed by atoms with E-state index < -0.39 is 12.0 Å². The van der Waals surface area contributed by atoms with Crippen molar-refractivity contribution < 1.29 is 18.0 Å². The number of Topliss-reactive ketones (excluding diaryl/α,β-unsaturated/α-hetero) is 1. The summed E-state index contributed by atoms with van der Waals surface area (Å²) in [6.45, 7) is 2.03. The second kappa shape index (κ2) is 6.55. The van der Waals surface area contributed by atoms with Gasteiger partial charge < -0.3 is 9.55 Å². The van der Waals surface area contributed by atoms with Crippen LogP contribution in [0.5, 0.6) is 0 Å². The molecule has 3 rings (SSSR count). The number of rotatable bonds is 5. The van der Waals surface area contributed by atoms with Gasteiger partial charge in [-0.2, -0.15) is 13.2 Å². The molecule has 5 nitrogen and oxygen atoms in total. The zero-order chi connectivity index (χ0) is 18.2. The second-order valence-corrected chi connectivity index (χ2v) is 6.41. The zero-order valence-corrected chi connectivity index (χ0v) is 14.3. The monoisotopic (exact) mass is 368 g/mol. The maximum Gasteiger partial charge on any atom is 0.451 e. The number of carbonyl (C=O) groups is 1. The highest BCUT2D eigenvalue weighted by Crippen LogP contribution is 2.30. The van der Waals surface area contributed by atoms with Crippen molar-refractivity contribution in [2.24, 2.45) is 7.05 Å². The van der Waals surface area contributed by atoms with Crippen molar-refractivity contribution in [1.29, 1.82) is 0 Å². The number of halogens is 3. The normalized spacial score (nSPS) is 12.0. The molecule has 1 N–H and O–H groups in total. The number of benzene rings is 1. The number of carbonyl (C=O) groups excluding carboxylic acids is 1. The lowest BCUT2D eigenvalue weighted by atomic mass is 10.1. The van der Waals surface area contributed by atoms with Gasteiger partial charge in [-0.3, -0.25) is 4.79 Å². The molecule has 0 radical (unpaired) electrons. The summed E-state index contributed by atoms with van der Waals surface area (Å²) >= 11 is 0.935. The predicted octanol–water partition coefficient (Wildman–Crippen LogP) is 3.85. The summed E-state index contributed by atoms with van der Waals surface area (Å²) in [6, 6.07) is 5.73. The molecular weight excluding hydrogens is 353 g/mol. The Kier molecular flexibility index (Phi) is 4.59. The van der Waals surface area contributed by atoms with Gasteiger partial charge in [0.25, 0.3) is 0 Å². The first-order valence-electron chi connectivity index (χ1n) is 7.54. The minimum Gasteiger partial charge on any atom is -0.360 e. The molecule has 1 aromatic carbocycles. The summed E-state index contributed by atoms with van der Waals surface area (Å²) < 4.78 is 39.0. The molecule has 3 aromatic rings. The van der Waals surface area contributed by atoms with Gasteiger partial charge in [0.15, 0.2) is 10.9 Å². The van der Waals surface area contributed by atoms with Gasteiger partial charge in [-0.15, -0.1) is 10.2 Å². The molecule has 9 heteroatoms. The van der Waals surface area contributed by atoms with Crippen LogP contribution in [0.3, 0.4) is 0 Å². The summed E-state index contributed by atoms with van der Waals surface area (Å²) in [5, 5.41) is 7.54. The van der Waals surface area contributed by atoms with Gasteiger partial charge in [0, 0.05) is 29.7 Å². The van der Waals surface area contributed by atoms with E-state index in [2.05, 4.69) is 15.2 Å². The molecule has 132 valence electrons. The molecule has 2 aromatic heterocycles. The Bertz CT molecular complexity index is 929. The van der Waals surface area contributed by atoms with Crippen LogP contribution < -0.4 is 0 Å². The molecule has 0 aliphatic heterocycles. The minimum absolute atomic E-state index is 0.0207. The molecule has 25 heavy (non-hydrogen) atoms. The van der Waals surface area contributed by atoms with Crippen LogP contribution in [0.1, 0.15) is 28.7 Å². The highest BCUT2D eigenvalue weighted by Gasteiger charge is 2.37. The predicted molar refractivity (Wildman–Crippen MR) is 88.7 cm³/mol. The summed E-state index contributed by atoms with van der Waals surface area (Å²) in [5.41, 5.74) is 2.54. The van der Waals surface area contributed by atoms with E-state index >= 15 is 0 Å².